The zero-order valence-corrected chi connectivity index (χ0v) is 11.4. The summed E-state index contributed by atoms with van der Waals surface area (Å²) in [5.74, 6) is 0.744. The van der Waals surface area contributed by atoms with Crippen molar-refractivity contribution in [3.63, 3.8) is 0 Å². The molecule has 0 saturated heterocycles. The Morgan fingerprint density at radius 3 is 2.94 bits per heavy atom. The maximum Gasteiger partial charge on any atom is 0.304 e. The lowest BCUT2D eigenvalue weighted by molar-refractivity contribution is -0.136. The van der Waals surface area contributed by atoms with Gasteiger partial charge in [0.2, 0.25) is 0 Å². The van der Waals surface area contributed by atoms with Crippen LogP contribution in [0.5, 0.6) is 0 Å². The predicted molar refractivity (Wildman–Crippen MR) is 72.8 cm³/mol. The summed E-state index contributed by atoms with van der Waals surface area (Å²) in [6.45, 7) is 0. The molecule has 1 fully saturated rings. The van der Waals surface area contributed by atoms with E-state index >= 15 is 0 Å². The van der Waals surface area contributed by atoms with E-state index in [1.54, 1.807) is 11.8 Å². The van der Waals surface area contributed by atoms with Gasteiger partial charge in [0.05, 0.1) is 18.2 Å². The molecule has 2 rings (SSSR count). The van der Waals surface area contributed by atoms with Crippen molar-refractivity contribution in [2.24, 2.45) is 0 Å². The molecule has 1 heterocycles. The van der Waals surface area contributed by atoms with Crippen LogP contribution in [0.2, 0.25) is 0 Å². The molecule has 1 saturated carbocycles. The summed E-state index contributed by atoms with van der Waals surface area (Å²) in [6, 6.07) is 2.64. The highest BCUT2D eigenvalue weighted by Gasteiger charge is 2.15. The molecule has 1 aromatic rings. The third-order valence-corrected chi connectivity index (χ3v) is 4.32. The van der Waals surface area contributed by atoms with Gasteiger partial charge in [0.25, 0.3) is 0 Å². The van der Waals surface area contributed by atoms with Gasteiger partial charge in [-0.3, -0.25) is 9.48 Å². The normalized spacial score (nSPS) is 16.9. The fourth-order valence-corrected chi connectivity index (χ4v) is 3.17. The predicted octanol–water partition coefficient (Wildman–Crippen LogP) is 3.10. The molecule has 5 heteroatoms. The number of hydrogen-bond acceptors (Lipinski definition) is 3. The van der Waals surface area contributed by atoms with E-state index in [2.05, 4.69) is 22.0 Å². The van der Waals surface area contributed by atoms with Crippen molar-refractivity contribution < 1.29 is 9.90 Å². The molecule has 0 atom stereocenters. The molecule has 0 amide bonds. The minimum atomic E-state index is -0.727. The van der Waals surface area contributed by atoms with Crippen LogP contribution in [0.25, 0.3) is 0 Å². The Hall–Kier alpha value is -0.970. The minimum absolute atomic E-state index is 0.230. The highest BCUT2D eigenvalue weighted by Crippen LogP contribution is 2.27. The van der Waals surface area contributed by atoms with E-state index in [9.17, 15) is 4.79 Å². The zero-order valence-electron chi connectivity index (χ0n) is 10.5. The van der Waals surface area contributed by atoms with Gasteiger partial charge in [-0.25, -0.2) is 0 Å². The summed E-state index contributed by atoms with van der Waals surface area (Å²) < 4.78 is 2.10. The van der Waals surface area contributed by atoms with Crippen LogP contribution in [0.15, 0.2) is 12.3 Å². The van der Waals surface area contributed by atoms with Gasteiger partial charge in [-0.15, -0.1) is 0 Å². The number of rotatable bonds is 6. The number of hydrogen-bond donors (Lipinski definition) is 1. The van der Waals surface area contributed by atoms with Crippen molar-refractivity contribution in [1.82, 2.24) is 9.78 Å². The smallest absolute Gasteiger partial charge is 0.304 e. The number of carboxylic acids is 1. The lowest BCUT2D eigenvalue weighted by Gasteiger charge is -2.21. The Balaban J connectivity index is 1.76. The standard InChI is InChI=1S/C13H20N2O2S/c16-13(17)7-9-18-10-11-6-8-15(14-11)12-4-2-1-3-5-12/h6,8,12H,1-5,7,9-10H2,(H,16,17). The van der Waals surface area contributed by atoms with Crippen LogP contribution in [0.4, 0.5) is 0 Å². The van der Waals surface area contributed by atoms with Crippen molar-refractivity contribution in [3.8, 4) is 0 Å². The Labute approximate surface area is 112 Å². The zero-order chi connectivity index (χ0) is 12.8. The number of carbonyl (C=O) groups is 1. The highest BCUT2D eigenvalue weighted by atomic mass is 32.2. The summed E-state index contributed by atoms with van der Waals surface area (Å²) in [4.78, 5) is 10.4. The lowest BCUT2D eigenvalue weighted by atomic mass is 9.96. The average molecular weight is 268 g/mol. The van der Waals surface area contributed by atoms with E-state index in [4.69, 9.17) is 5.11 Å². The fraction of sp³-hybridized carbons (Fsp3) is 0.692. The Bertz CT molecular complexity index is 386. The Kier molecular flexibility index (Phi) is 5.11. The number of carboxylic acid groups (broad SMARTS) is 1. The van der Waals surface area contributed by atoms with Crippen molar-refractivity contribution in [2.45, 2.75) is 50.3 Å². The SMILES string of the molecule is O=C(O)CCSCc1ccn(C2CCCCC2)n1. The van der Waals surface area contributed by atoms with Gasteiger partial charge in [-0.05, 0) is 18.9 Å². The summed E-state index contributed by atoms with van der Waals surface area (Å²) in [7, 11) is 0. The van der Waals surface area contributed by atoms with Crippen molar-refractivity contribution in [1.29, 1.82) is 0 Å². The Morgan fingerprint density at radius 2 is 2.22 bits per heavy atom. The molecule has 0 aromatic carbocycles. The average Bonchev–Trinajstić information content (AvgIpc) is 2.84. The minimum Gasteiger partial charge on any atom is -0.481 e. The maximum absolute atomic E-state index is 10.4. The van der Waals surface area contributed by atoms with Crippen LogP contribution >= 0.6 is 11.8 Å². The second kappa shape index (κ2) is 6.83. The number of nitrogens with zero attached hydrogens (tertiary/aromatic N) is 2. The second-order valence-corrected chi connectivity index (χ2v) is 5.88. The van der Waals surface area contributed by atoms with E-state index < -0.39 is 5.97 Å². The molecule has 1 aliphatic carbocycles. The van der Waals surface area contributed by atoms with Crippen molar-refractivity contribution in [2.75, 3.05) is 5.75 Å². The molecule has 0 bridgehead atoms. The summed E-state index contributed by atoms with van der Waals surface area (Å²) in [6.07, 6.45) is 8.77. The molecule has 1 N–H and O–H groups in total. The second-order valence-electron chi connectivity index (χ2n) is 4.78. The molecule has 18 heavy (non-hydrogen) atoms. The monoisotopic (exact) mass is 268 g/mol. The molecule has 100 valence electrons. The van der Waals surface area contributed by atoms with Gasteiger partial charge in [0.15, 0.2) is 0 Å². The van der Waals surface area contributed by atoms with Gasteiger partial charge in [0.1, 0.15) is 0 Å². The van der Waals surface area contributed by atoms with Crippen molar-refractivity contribution in [3.05, 3.63) is 18.0 Å². The number of aromatic nitrogens is 2. The largest absolute Gasteiger partial charge is 0.481 e. The van der Waals surface area contributed by atoms with Crippen LogP contribution < -0.4 is 0 Å². The molecule has 1 aromatic heterocycles. The van der Waals surface area contributed by atoms with Gasteiger partial charge in [-0.1, -0.05) is 19.3 Å². The third kappa shape index (κ3) is 4.05. The first-order chi connectivity index (χ1) is 8.75. The summed E-state index contributed by atoms with van der Waals surface area (Å²) in [5, 5.41) is 13.2. The molecule has 0 radical (unpaired) electrons. The van der Waals surface area contributed by atoms with Gasteiger partial charge in [-0.2, -0.15) is 16.9 Å². The quantitative estimate of drug-likeness (QED) is 0.805. The van der Waals surface area contributed by atoms with E-state index in [1.807, 2.05) is 0 Å². The summed E-state index contributed by atoms with van der Waals surface area (Å²) in [5.41, 5.74) is 1.07. The summed E-state index contributed by atoms with van der Waals surface area (Å²) >= 11 is 1.64. The highest BCUT2D eigenvalue weighted by molar-refractivity contribution is 7.98. The first-order valence-electron chi connectivity index (χ1n) is 6.59. The molecule has 4 nitrogen and oxygen atoms in total. The van der Waals surface area contributed by atoms with Gasteiger partial charge in [0, 0.05) is 17.7 Å². The van der Waals surface area contributed by atoms with Gasteiger partial charge >= 0.3 is 5.97 Å². The van der Waals surface area contributed by atoms with Crippen LogP contribution in [0.3, 0.4) is 0 Å². The first kappa shape index (κ1) is 13.5. The van der Waals surface area contributed by atoms with Gasteiger partial charge < -0.3 is 5.11 Å². The number of aliphatic carboxylic acids is 1. The van der Waals surface area contributed by atoms with E-state index in [0.29, 0.717) is 11.8 Å². The van der Waals surface area contributed by atoms with E-state index in [1.165, 1.54) is 32.1 Å². The molecule has 1 aliphatic rings. The topological polar surface area (TPSA) is 55.1 Å². The van der Waals surface area contributed by atoms with Crippen LogP contribution in [0, 0.1) is 0 Å². The molecule has 0 aliphatic heterocycles. The number of thioether (sulfide) groups is 1. The van der Waals surface area contributed by atoms with Crippen LogP contribution in [0.1, 0.15) is 50.3 Å². The Morgan fingerprint density at radius 1 is 1.44 bits per heavy atom. The first-order valence-corrected chi connectivity index (χ1v) is 7.75. The van der Waals surface area contributed by atoms with Crippen molar-refractivity contribution >= 4 is 17.7 Å². The molecule has 0 unspecified atom stereocenters. The van der Waals surface area contributed by atoms with E-state index in [0.717, 1.165) is 11.4 Å². The fourth-order valence-electron chi connectivity index (χ4n) is 2.34. The van der Waals surface area contributed by atoms with Crippen LogP contribution in [-0.2, 0) is 10.5 Å². The molecular weight excluding hydrogens is 248 g/mol. The lowest BCUT2D eigenvalue weighted by Crippen LogP contribution is -2.13. The van der Waals surface area contributed by atoms with Crippen LogP contribution in [-0.4, -0.2) is 26.6 Å². The maximum atomic E-state index is 10.4. The molecule has 0 spiro atoms. The third-order valence-electron chi connectivity index (χ3n) is 3.32. The molecular formula is C13H20N2O2S. The van der Waals surface area contributed by atoms with E-state index in [-0.39, 0.29) is 6.42 Å².